The second-order valence-corrected chi connectivity index (χ2v) is 12.2. The van der Waals surface area contributed by atoms with Crippen molar-refractivity contribution in [3.63, 3.8) is 0 Å². The number of halogens is 4. The molecule has 0 bridgehead atoms. The summed E-state index contributed by atoms with van der Waals surface area (Å²) in [4.78, 5) is 26.7. The molecule has 4 atom stereocenters. The predicted octanol–water partition coefficient (Wildman–Crippen LogP) is 9.08. The lowest BCUT2D eigenvalue weighted by Gasteiger charge is -2.11. The summed E-state index contributed by atoms with van der Waals surface area (Å²) in [5.41, 5.74) is 0.494. The third kappa shape index (κ3) is 4.42. The molecular formula is C38H26F4O4. The van der Waals surface area contributed by atoms with Gasteiger partial charge in [0.1, 0.15) is 13.2 Å². The number of hydrogen-bond donors (Lipinski definition) is 0. The summed E-state index contributed by atoms with van der Waals surface area (Å²) in [5.74, 6) is -15.0. The number of ether oxygens (including phenoxy) is 2. The van der Waals surface area contributed by atoms with Gasteiger partial charge < -0.3 is 9.47 Å². The Labute approximate surface area is 260 Å². The maximum atomic E-state index is 15.0. The van der Waals surface area contributed by atoms with Crippen LogP contribution in [0.3, 0.4) is 0 Å². The highest BCUT2D eigenvalue weighted by Gasteiger charge is 2.84. The van der Waals surface area contributed by atoms with Gasteiger partial charge in [0.2, 0.25) is 0 Å². The average molecular weight is 623 g/mol. The van der Waals surface area contributed by atoms with Gasteiger partial charge in [-0.1, -0.05) is 97.1 Å². The van der Waals surface area contributed by atoms with Crippen molar-refractivity contribution in [3.05, 3.63) is 120 Å². The van der Waals surface area contributed by atoms with E-state index in [4.69, 9.17) is 9.47 Å². The normalized spacial score (nSPS) is 22.6. The number of esters is 2. The zero-order chi connectivity index (χ0) is 31.8. The van der Waals surface area contributed by atoms with E-state index in [1.165, 1.54) is 0 Å². The standard InChI is InChI=1S/C38H26F4O4/c39-37(40)29(19-45-35(43)31-25-13-5-1-9-21(25)17-22-10-2-6-14-26(22)31)33(37)34-30(38(34,41)42)20-46-36(44)32-27-15-7-3-11-23(27)18-24-12-4-8-16-28(24)32/h1-18,29-30,33-34H,19-20H2/t29-,30-,33+,34+/m0/s1. The molecule has 230 valence electrons. The van der Waals surface area contributed by atoms with Gasteiger partial charge in [0.15, 0.2) is 0 Å². The minimum Gasteiger partial charge on any atom is -0.462 e. The van der Waals surface area contributed by atoms with Crippen molar-refractivity contribution in [2.75, 3.05) is 13.2 Å². The molecule has 0 spiro atoms. The minimum atomic E-state index is -3.44. The van der Waals surface area contributed by atoms with E-state index in [-0.39, 0.29) is 11.1 Å². The highest BCUT2D eigenvalue weighted by molar-refractivity contribution is 6.17. The molecule has 0 radical (unpaired) electrons. The molecule has 0 N–H and O–H groups in total. The highest BCUT2D eigenvalue weighted by atomic mass is 19.3. The van der Waals surface area contributed by atoms with Gasteiger partial charge in [0, 0.05) is 11.8 Å². The first-order chi connectivity index (χ1) is 22.2. The maximum Gasteiger partial charge on any atom is 0.339 e. The molecule has 46 heavy (non-hydrogen) atoms. The zero-order valence-electron chi connectivity index (χ0n) is 24.3. The van der Waals surface area contributed by atoms with Crippen molar-refractivity contribution in [2.45, 2.75) is 11.8 Å². The van der Waals surface area contributed by atoms with Crippen LogP contribution >= 0.6 is 0 Å². The van der Waals surface area contributed by atoms with Gasteiger partial charge in [-0.05, 0) is 55.2 Å². The van der Waals surface area contributed by atoms with Crippen LogP contribution < -0.4 is 0 Å². The third-order valence-corrected chi connectivity index (χ3v) is 9.65. The van der Waals surface area contributed by atoms with E-state index in [9.17, 15) is 9.59 Å². The number of hydrogen-bond acceptors (Lipinski definition) is 4. The zero-order valence-corrected chi connectivity index (χ0v) is 24.3. The summed E-state index contributed by atoms with van der Waals surface area (Å²) in [7, 11) is 0. The topological polar surface area (TPSA) is 52.6 Å². The van der Waals surface area contributed by atoms with Crippen LogP contribution in [0.5, 0.6) is 0 Å². The lowest BCUT2D eigenvalue weighted by molar-refractivity contribution is 0.0311. The summed E-state index contributed by atoms with van der Waals surface area (Å²) in [6.07, 6.45) is 0. The largest absolute Gasteiger partial charge is 0.462 e. The Hall–Kier alpha value is -4.98. The SMILES string of the molecule is O=C(OC[C@H]1[C@H]([C@H]2[C@H](COC(=O)c3c4ccccc4cc4ccccc34)C2(F)F)C1(F)F)c1c2ccccc2cc2ccccc12. The minimum absolute atomic E-state index is 0.247. The van der Waals surface area contributed by atoms with Crippen molar-refractivity contribution in [1.82, 2.24) is 0 Å². The Morgan fingerprint density at radius 2 is 0.783 bits per heavy atom. The van der Waals surface area contributed by atoms with Crippen LogP contribution in [-0.2, 0) is 9.47 Å². The van der Waals surface area contributed by atoms with Crippen molar-refractivity contribution in [3.8, 4) is 0 Å². The number of carbonyl (C=O) groups is 2. The third-order valence-electron chi connectivity index (χ3n) is 9.65. The molecule has 6 aromatic carbocycles. The fourth-order valence-electron chi connectivity index (χ4n) is 7.18. The first-order valence-electron chi connectivity index (χ1n) is 15.1. The van der Waals surface area contributed by atoms with E-state index in [1.807, 2.05) is 60.7 Å². The fraction of sp³-hybridized carbons (Fsp3) is 0.211. The molecule has 8 heteroatoms. The Bertz CT molecular complexity index is 1950. The predicted molar refractivity (Wildman–Crippen MR) is 167 cm³/mol. The van der Waals surface area contributed by atoms with Crippen LogP contribution in [0.25, 0.3) is 43.1 Å². The molecule has 0 aromatic heterocycles. The smallest absolute Gasteiger partial charge is 0.339 e. The van der Waals surface area contributed by atoms with E-state index in [1.54, 1.807) is 48.5 Å². The summed E-state index contributed by atoms with van der Waals surface area (Å²) >= 11 is 0. The number of rotatable bonds is 7. The lowest BCUT2D eigenvalue weighted by Crippen LogP contribution is -2.11. The van der Waals surface area contributed by atoms with Crippen molar-refractivity contribution >= 4 is 55.0 Å². The van der Waals surface area contributed by atoms with Gasteiger partial charge in [-0.15, -0.1) is 0 Å². The van der Waals surface area contributed by atoms with Crippen molar-refractivity contribution in [1.29, 1.82) is 0 Å². The molecule has 2 aliphatic carbocycles. The molecular weight excluding hydrogens is 596 g/mol. The second-order valence-electron chi connectivity index (χ2n) is 12.2. The number of alkyl halides is 4. The van der Waals surface area contributed by atoms with Crippen LogP contribution in [0, 0.1) is 23.7 Å². The Balaban J connectivity index is 0.987. The molecule has 0 amide bonds. The lowest BCUT2D eigenvalue weighted by atomic mass is 9.97. The van der Waals surface area contributed by atoms with E-state index in [0.29, 0.717) is 21.5 Å². The number of fused-ring (bicyclic) bond motifs is 4. The van der Waals surface area contributed by atoms with Gasteiger partial charge in [-0.2, -0.15) is 0 Å². The molecule has 2 aliphatic rings. The quantitative estimate of drug-likeness (QED) is 0.101. The Kier molecular flexibility index (Phi) is 6.36. The molecule has 0 unspecified atom stereocenters. The van der Waals surface area contributed by atoms with E-state index < -0.39 is 60.7 Å². The van der Waals surface area contributed by atoms with Crippen molar-refractivity contribution in [2.24, 2.45) is 23.7 Å². The number of benzene rings is 6. The molecule has 0 aliphatic heterocycles. The van der Waals surface area contributed by atoms with Gasteiger partial charge in [-0.25, -0.2) is 27.2 Å². The second kappa shape index (κ2) is 10.3. The Morgan fingerprint density at radius 3 is 1.09 bits per heavy atom. The molecule has 6 aromatic rings. The molecule has 2 fully saturated rings. The van der Waals surface area contributed by atoms with Gasteiger partial charge in [0.25, 0.3) is 11.8 Å². The average Bonchev–Trinajstić information content (AvgIpc) is 3.82. The summed E-state index contributed by atoms with van der Waals surface area (Å²) < 4.78 is 70.8. The summed E-state index contributed by atoms with van der Waals surface area (Å²) in [5, 5.41) is 5.59. The molecule has 0 saturated heterocycles. The molecule has 8 rings (SSSR count). The van der Waals surface area contributed by atoms with E-state index in [2.05, 4.69) is 0 Å². The fourth-order valence-corrected chi connectivity index (χ4v) is 7.18. The highest BCUT2D eigenvalue weighted by Crippen LogP contribution is 2.72. The van der Waals surface area contributed by atoms with E-state index >= 15 is 17.6 Å². The molecule has 2 saturated carbocycles. The monoisotopic (exact) mass is 622 g/mol. The number of carbonyl (C=O) groups excluding carboxylic acids is 2. The van der Waals surface area contributed by atoms with Crippen LogP contribution in [0.1, 0.15) is 20.7 Å². The van der Waals surface area contributed by atoms with Gasteiger partial charge in [-0.3, -0.25) is 0 Å². The first kappa shape index (κ1) is 28.5. The van der Waals surface area contributed by atoms with Crippen LogP contribution in [0.4, 0.5) is 17.6 Å². The summed E-state index contributed by atoms with van der Waals surface area (Å²) in [6, 6.07) is 32.6. The van der Waals surface area contributed by atoms with E-state index in [0.717, 1.165) is 21.5 Å². The van der Waals surface area contributed by atoms with Crippen LogP contribution in [0.2, 0.25) is 0 Å². The molecule has 0 heterocycles. The summed E-state index contributed by atoms with van der Waals surface area (Å²) in [6.45, 7) is -1.40. The van der Waals surface area contributed by atoms with Gasteiger partial charge >= 0.3 is 11.9 Å². The van der Waals surface area contributed by atoms with Gasteiger partial charge in [0.05, 0.1) is 23.0 Å². The maximum absolute atomic E-state index is 15.0. The first-order valence-corrected chi connectivity index (χ1v) is 15.1. The van der Waals surface area contributed by atoms with Crippen molar-refractivity contribution < 1.29 is 36.6 Å². The molecule has 4 nitrogen and oxygen atoms in total. The van der Waals surface area contributed by atoms with Crippen LogP contribution in [0.15, 0.2) is 109 Å². The Morgan fingerprint density at radius 1 is 0.500 bits per heavy atom. The van der Waals surface area contributed by atoms with Crippen LogP contribution in [-0.4, -0.2) is 37.0 Å².